The van der Waals surface area contributed by atoms with Crippen LogP contribution in [0.4, 0.5) is 5.69 Å². The Kier molecular flexibility index (Phi) is 4.28. The summed E-state index contributed by atoms with van der Waals surface area (Å²) in [7, 11) is 1.66. The number of amides is 1. The Morgan fingerprint density at radius 2 is 2.06 bits per heavy atom. The molecule has 0 aliphatic rings. The van der Waals surface area contributed by atoms with E-state index < -0.39 is 0 Å². The van der Waals surface area contributed by atoms with Gasteiger partial charge in [0.1, 0.15) is 0 Å². The zero-order chi connectivity index (χ0) is 12.1. The van der Waals surface area contributed by atoms with Crippen molar-refractivity contribution in [1.82, 2.24) is 4.90 Å². The number of carbonyl (C=O) groups is 1. The molecule has 1 aromatic rings. The Labute approximate surface area is 94.8 Å². The molecule has 1 aromatic carbocycles. The maximum absolute atomic E-state index is 11.9. The van der Waals surface area contributed by atoms with Crippen LogP contribution in [0.1, 0.15) is 17.3 Å². The number of hydrazine groups is 1. The molecular formula is C11H17N3O2. The third-order valence-corrected chi connectivity index (χ3v) is 2.54. The van der Waals surface area contributed by atoms with Crippen LogP contribution in [0, 0.1) is 0 Å². The van der Waals surface area contributed by atoms with E-state index in [1.54, 1.807) is 38.2 Å². The van der Waals surface area contributed by atoms with Crippen LogP contribution >= 0.6 is 0 Å². The van der Waals surface area contributed by atoms with Crippen molar-refractivity contribution in [3.8, 4) is 0 Å². The molecule has 5 nitrogen and oxygen atoms in total. The van der Waals surface area contributed by atoms with Gasteiger partial charge in [0.2, 0.25) is 0 Å². The van der Waals surface area contributed by atoms with Crippen molar-refractivity contribution in [1.29, 1.82) is 0 Å². The summed E-state index contributed by atoms with van der Waals surface area (Å²) in [6.45, 7) is 1.73. The molecule has 0 saturated carbocycles. The van der Waals surface area contributed by atoms with Gasteiger partial charge >= 0.3 is 0 Å². The van der Waals surface area contributed by atoms with Crippen molar-refractivity contribution < 1.29 is 9.90 Å². The number of hydrogen-bond acceptors (Lipinski definition) is 4. The van der Waals surface area contributed by atoms with Crippen molar-refractivity contribution in [2.75, 3.05) is 19.1 Å². The second-order valence-corrected chi connectivity index (χ2v) is 3.67. The SMILES string of the molecule is CC(CO)N(C)C(=O)c1ccc(NN)cc1. The number of anilines is 1. The fourth-order valence-corrected chi connectivity index (χ4v) is 1.24. The summed E-state index contributed by atoms with van der Waals surface area (Å²) in [5, 5.41) is 8.96. The number of nitrogens with zero attached hydrogens (tertiary/aromatic N) is 1. The smallest absolute Gasteiger partial charge is 0.253 e. The van der Waals surface area contributed by atoms with E-state index in [2.05, 4.69) is 5.43 Å². The fourth-order valence-electron chi connectivity index (χ4n) is 1.24. The zero-order valence-corrected chi connectivity index (χ0v) is 9.47. The average molecular weight is 223 g/mol. The van der Waals surface area contributed by atoms with Crippen LogP contribution in [-0.2, 0) is 0 Å². The van der Waals surface area contributed by atoms with E-state index in [0.717, 1.165) is 5.69 Å². The van der Waals surface area contributed by atoms with Crippen molar-refractivity contribution >= 4 is 11.6 Å². The van der Waals surface area contributed by atoms with E-state index >= 15 is 0 Å². The van der Waals surface area contributed by atoms with Crippen LogP contribution < -0.4 is 11.3 Å². The van der Waals surface area contributed by atoms with Gasteiger partial charge in [-0.25, -0.2) is 0 Å². The minimum Gasteiger partial charge on any atom is -0.394 e. The molecule has 1 rings (SSSR count). The summed E-state index contributed by atoms with van der Waals surface area (Å²) in [5.41, 5.74) is 3.81. The van der Waals surface area contributed by atoms with E-state index in [0.29, 0.717) is 5.56 Å². The summed E-state index contributed by atoms with van der Waals surface area (Å²) in [6, 6.07) is 6.64. The topological polar surface area (TPSA) is 78.6 Å². The summed E-state index contributed by atoms with van der Waals surface area (Å²) in [5.74, 6) is 5.11. The molecule has 0 saturated heterocycles. The van der Waals surface area contributed by atoms with E-state index in [4.69, 9.17) is 10.9 Å². The van der Waals surface area contributed by atoms with Crippen LogP contribution in [0.3, 0.4) is 0 Å². The van der Waals surface area contributed by atoms with Crippen molar-refractivity contribution in [3.05, 3.63) is 29.8 Å². The van der Waals surface area contributed by atoms with Crippen LogP contribution in [0.25, 0.3) is 0 Å². The van der Waals surface area contributed by atoms with Crippen LogP contribution in [-0.4, -0.2) is 35.6 Å². The molecule has 0 heterocycles. The zero-order valence-electron chi connectivity index (χ0n) is 9.47. The van der Waals surface area contributed by atoms with Crippen LogP contribution in [0.5, 0.6) is 0 Å². The third kappa shape index (κ3) is 2.71. The van der Waals surface area contributed by atoms with Crippen molar-refractivity contribution in [2.45, 2.75) is 13.0 Å². The highest BCUT2D eigenvalue weighted by Crippen LogP contribution is 2.11. The number of rotatable bonds is 4. The van der Waals surface area contributed by atoms with E-state index in [-0.39, 0.29) is 18.6 Å². The molecule has 5 heteroatoms. The average Bonchev–Trinajstić information content (AvgIpc) is 2.36. The number of benzene rings is 1. The first-order valence-electron chi connectivity index (χ1n) is 5.05. The molecule has 88 valence electrons. The summed E-state index contributed by atoms with van der Waals surface area (Å²) in [4.78, 5) is 13.4. The Balaban J connectivity index is 2.80. The number of carbonyl (C=O) groups excluding carboxylic acids is 1. The molecule has 0 aliphatic carbocycles. The first-order chi connectivity index (χ1) is 7.60. The molecule has 16 heavy (non-hydrogen) atoms. The number of aliphatic hydroxyl groups is 1. The minimum atomic E-state index is -0.195. The van der Waals surface area contributed by atoms with Gasteiger partial charge in [0.05, 0.1) is 12.6 Å². The van der Waals surface area contributed by atoms with Gasteiger partial charge in [0, 0.05) is 18.3 Å². The third-order valence-electron chi connectivity index (χ3n) is 2.54. The lowest BCUT2D eigenvalue weighted by molar-refractivity contribution is 0.0682. The largest absolute Gasteiger partial charge is 0.394 e. The Hall–Kier alpha value is -1.59. The Morgan fingerprint density at radius 1 is 1.50 bits per heavy atom. The molecule has 1 unspecified atom stereocenters. The highest BCUT2D eigenvalue weighted by molar-refractivity contribution is 5.94. The standard InChI is InChI=1S/C11H17N3O2/c1-8(7-15)14(2)11(16)9-3-5-10(13-12)6-4-9/h3-6,8,13,15H,7,12H2,1-2H3. The van der Waals surface area contributed by atoms with Gasteiger partial charge in [-0.05, 0) is 31.2 Å². The highest BCUT2D eigenvalue weighted by atomic mass is 16.3. The van der Waals surface area contributed by atoms with Gasteiger partial charge in [0.15, 0.2) is 0 Å². The van der Waals surface area contributed by atoms with Crippen molar-refractivity contribution in [2.24, 2.45) is 5.84 Å². The molecule has 0 fully saturated rings. The van der Waals surface area contributed by atoms with Gasteiger partial charge in [-0.2, -0.15) is 0 Å². The van der Waals surface area contributed by atoms with Gasteiger partial charge in [0.25, 0.3) is 5.91 Å². The number of nitrogen functional groups attached to an aromatic ring is 1. The second kappa shape index (κ2) is 5.48. The quantitative estimate of drug-likeness (QED) is 0.511. The minimum absolute atomic E-state index is 0.0509. The molecule has 0 bridgehead atoms. The Morgan fingerprint density at radius 3 is 2.50 bits per heavy atom. The molecule has 1 atom stereocenters. The molecule has 0 aliphatic heterocycles. The van der Waals surface area contributed by atoms with Gasteiger partial charge in [-0.1, -0.05) is 0 Å². The highest BCUT2D eigenvalue weighted by Gasteiger charge is 2.16. The van der Waals surface area contributed by atoms with E-state index in [9.17, 15) is 4.79 Å². The number of aliphatic hydroxyl groups excluding tert-OH is 1. The number of nitrogens with one attached hydrogen (secondary N) is 1. The number of hydrogen-bond donors (Lipinski definition) is 3. The number of likely N-dealkylation sites (N-methyl/N-ethyl adjacent to an activating group) is 1. The van der Waals surface area contributed by atoms with E-state index in [1.807, 2.05) is 0 Å². The summed E-state index contributed by atoms with van der Waals surface area (Å²) < 4.78 is 0. The maximum atomic E-state index is 11.9. The van der Waals surface area contributed by atoms with Crippen LogP contribution in [0.2, 0.25) is 0 Å². The Bertz CT molecular complexity index is 351. The molecule has 0 radical (unpaired) electrons. The predicted octanol–water partition coefficient (Wildman–Crippen LogP) is 0.425. The van der Waals surface area contributed by atoms with Gasteiger partial charge in [-0.3, -0.25) is 10.6 Å². The van der Waals surface area contributed by atoms with Gasteiger partial charge < -0.3 is 15.4 Å². The monoisotopic (exact) mass is 223 g/mol. The maximum Gasteiger partial charge on any atom is 0.253 e. The lowest BCUT2D eigenvalue weighted by Crippen LogP contribution is -2.37. The number of nitrogens with two attached hydrogens (primary N) is 1. The van der Waals surface area contributed by atoms with Gasteiger partial charge in [-0.15, -0.1) is 0 Å². The molecule has 4 N–H and O–H groups in total. The predicted molar refractivity (Wildman–Crippen MR) is 62.9 cm³/mol. The van der Waals surface area contributed by atoms with E-state index in [1.165, 1.54) is 4.90 Å². The molecular weight excluding hydrogens is 206 g/mol. The lowest BCUT2D eigenvalue weighted by Gasteiger charge is -2.23. The summed E-state index contributed by atoms with van der Waals surface area (Å²) in [6.07, 6.45) is 0. The van der Waals surface area contributed by atoms with Crippen molar-refractivity contribution in [3.63, 3.8) is 0 Å². The normalized spacial score (nSPS) is 12.0. The summed E-state index contributed by atoms with van der Waals surface area (Å²) >= 11 is 0. The van der Waals surface area contributed by atoms with Crippen LogP contribution in [0.15, 0.2) is 24.3 Å². The molecule has 0 spiro atoms. The molecule has 0 aromatic heterocycles. The first kappa shape index (κ1) is 12.5. The first-order valence-corrected chi connectivity index (χ1v) is 5.05. The second-order valence-electron chi connectivity index (χ2n) is 3.67. The molecule has 1 amide bonds. The fraction of sp³-hybridized carbons (Fsp3) is 0.364. The lowest BCUT2D eigenvalue weighted by atomic mass is 10.1.